The fraction of sp³-hybridized carbons (Fsp3) is 0.417. The molecule has 18 heavy (non-hydrogen) atoms. The van der Waals surface area contributed by atoms with E-state index in [0.717, 1.165) is 12.8 Å². The van der Waals surface area contributed by atoms with Gasteiger partial charge < -0.3 is 9.84 Å². The zero-order valence-corrected chi connectivity index (χ0v) is 10.5. The first-order chi connectivity index (χ1) is 8.66. The molecule has 2 heterocycles. The Labute approximate surface area is 105 Å². The normalized spacial score (nSPS) is 10.6. The van der Waals surface area contributed by atoms with Crippen LogP contribution in [0.15, 0.2) is 23.1 Å². The van der Waals surface area contributed by atoms with Crippen molar-refractivity contribution in [3.05, 3.63) is 35.5 Å². The van der Waals surface area contributed by atoms with Crippen LogP contribution in [0.4, 0.5) is 0 Å². The third kappa shape index (κ3) is 2.97. The first-order valence-electron chi connectivity index (χ1n) is 5.84. The number of carbonyl (C=O) groups excluding carboxylic acids is 1. The molecule has 0 aliphatic heterocycles. The smallest absolute Gasteiger partial charge is 0.256 e. The van der Waals surface area contributed by atoms with Crippen molar-refractivity contribution in [1.29, 1.82) is 0 Å². The SMILES string of the molecule is Cc1oncc1C(=O)NCCCc1cnn(C)c1. The van der Waals surface area contributed by atoms with Gasteiger partial charge in [-0.2, -0.15) is 5.10 Å². The lowest BCUT2D eigenvalue weighted by Gasteiger charge is -2.02. The van der Waals surface area contributed by atoms with Gasteiger partial charge in [0.15, 0.2) is 0 Å². The van der Waals surface area contributed by atoms with E-state index >= 15 is 0 Å². The monoisotopic (exact) mass is 248 g/mol. The molecule has 0 atom stereocenters. The maximum atomic E-state index is 11.7. The third-order valence-electron chi connectivity index (χ3n) is 2.68. The number of amides is 1. The van der Waals surface area contributed by atoms with E-state index in [0.29, 0.717) is 17.9 Å². The van der Waals surface area contributed by atoms with Gasteiger partial charge in [0, 0.05) is 19.8 Å². The van der Waals surface area contributed by atoms with E-state index in [1.165, 1.54) is 11.8 Å². The second-order valence-corrected chi connectivity index (χ2v) is 4.18. The predicted molar refractivity (Wildman–Crippen MR) is 65.1 cm³/mol. The summed E-state index contributed by atoms with van der Waals surface area (Å²) in [6.45, 7) is 2.34. The molecular formula is C12H16N4O2. The molecule has 0 aliphatic rings. The lowest BCUT2D eigenvalue weighted by molar-refractivity contribution is 0.0951. The molecule has 2 aromatic heterocycles. The molecule has 6 heteroatoms. The van der Waals surface area contributed by atoms with Crippen molar-refractivity contribution >= 4 is 5.91 Å². The number of carbonyl (C=O) groups is 1. The summed E-state index contributed by atoms with van der Waals surface area (Å²) in [5.74, 6) is 0.402. The van der Waals surface area contributed by atoms with Gasteiger partial charge in [-0.3, -0.25) is 9.48 Å². The molecule has 0 unspecified atom stereocenters. The zero-order valence-electron chi connectivity index (χ0n) is 10.5. The Morgan fingerprint density at radius 3 is 2.94 bits per heavy atom. The highest BCUT2D eigenvalue weighted by atomic mass is 16.5. The molecule has 1 N–H and O–H groups in total. The molecule has 0 radical (unpaired) electrons. The van der Waals surface area contributed by atoms with Crippen LogP contribution in [0, 0.1) is 6.92 Å². The van der Waals surface area contributed by atoms with Crippen LogP contribution in [0.3, 0.4) is 0 Å². The average Bonchev–Trinajstić information content (AvgIpc) is 2.93. The molecule has 6 nitrogen and oxygen atoms in total. The van der Waals surface area contributed by atoms with Crippen molar-refractivity contribution in [1.82, 2.24) is 20.3 Å². The van der Waals surface area contributed by atoms with Gasteiger partial charge in [-0.15, -0.1) is 0 Å². The molecule has 0 aromatic carbocycles. The predicted octanol–water partition coefficient (Wildman–Crippen LogP) is 1.08. The molecule has 1 amide bonds. The van der Waals surface area contributed by atoms with Gasteiger partial charge in [-0.25, -0.2) is 0 Å². The molecule has 0 saturated heterocycles. The van der Waals surface area contributed by atoms with Crippen molar-refractivity contribution in [2.24, 2.45) is 7.05 Å². The van der Waals surface area contributed by atoms with Crippen LogP contribution in [0.1, 0.15) is 28.1 Å². The van der Waals surface area contributed by atoms with Gasteiger partial charge >= 0.3 is 0 Å². The van der Waals surface area contributed by atoms with E-state index in [1.807, 2.05) is 19.4 Å². The fourth-order valence-corrected chi connectivity index (χ4v) is 1.71. The summed E-state index contributed by atoms with van der Waals surface area (Å²) in [5, 5.41) is 10.5. The summed E-state index contributed by atoms with van der Waals surface area (Å²) in [7, 11) is 1.89. The van der Waals surface area contributed by atoms with Gasteiger partial charge in [0.05, 0.1) is 12.4 Å². The van der Waals surface area contributed by atoms with Gasteiger partial charge in [-0.1, -0.05) is 5.16 Å². The van der Waals surface area contributed by atoms with E-state index in [9.17, 15) is 4.79 Å². The maximum Gasteiger partial charge on any atom is 0.256 e. The summed E-state index contributed by atoms with van der Waals surface area (Å²) in [6, 6.07) is 0. The highest BCUT2D eigenvalue weighted by Crippen LogP contribution is 2.05. The third-order valence-corrected chi connectivity index (χ3v) is 2.68. The number of rotatable bonds is 5. The van der Waals surface area contributed by atoms with Crippen molar-refractivity contribution in [3.63, 3.8) is 0 Å². The fourth-order valence-electron chi connectivity index (χ4n) is 1.71. The van der Waals surface area contributed by atoms with Crippen LogP contribution in [-0.2, 0) is 13.5 Å². The minimum atomic E-state index is -0.139. The number of hydrogen-bond acceptors (Lipinski definition) is 4. The van der Waals surface area contributed by atoms with Gasteiger partial charge in [0.25, 0.3) is 5.91 Å². The van der Waals surface area contributed by atoms with Crippen LogP contribution < -0.4 is 5.32 Å². The molecule has 0 bridgehead atoms. The lowest BCUT2D eigenvalue weighted by Crippen LogP contribution is -2.24. The minimum Gasteiger partial charge on any atom is -0.361 e. The Morgan fingerprint density at radius 1 is 1.50 bits per heavy atom. The molecule has 0 fully saturated rings. The van der Waals surface area contributed by atoms with Gasteiger partial charge in [0.1, 0.15) is 11.3 Å². The van der Waals surface area contributed by atoms with E-state index in [-0.39, 0.29) is 5.91 Å². The highest BCUT2D eigenvalue weighted by Gasteiger charge is 2.11. The minimum absolute atomic E-state index is 0.139. The number of hydrogen-bond donors (Lipinski definition) is 1. The first kappa shape index (κ1) is 12.3. The Balaban J connectivity index is 1.73. The topological polar surface area (TPSA) is 73.0 Å². The summed E-state index contributed by atoms with van der Waals surface area (Å²) < 4.78 is 6.61. The van der Waals surface area contributed by atoms with Crippen molar-refractivity contribution in [2.45, 2.75) is 19.8 Å². The number of nitrogens with one attached hydrogen (secondary N) is 1. The summed E-state index contributed by atoms with van der Waals surface area (Å²) in [6.07, 6.45) is 7.03. The number of aryl methyl sites for hydroxylation is 3. The van der Waals surface area contributed by atoms with Crippen molar-refractivity contribution in [2.75, 3.05) is 6.54 Å². The van der Waals surface area contributed by atoms with E-state index in [1.54, 1.807) is 11.6 Å². The summed E-state index contributed by atoms with van der Waals surface area (Å²) in [4.78, 5) is 11.7. The van der Waals surface area contributed by atoms with Crippen LogP contribution in [-0.4, -0.2) is 27.4 Å². The molecular weight excluding hydrogens is 232 g/mol. The van der Waals surface area contributed by atoms with Crippen LogP contribution in [0.25, 0.3) is 0 Å². The highest BCUT2D eigenvalue weighted by molar-refractivity contribution is 5.94. The second-order valence-electron chi connectivity index (χ2n) is 4.18. The van der Waals surface area contributed by atoms with E-state index in [2.05, 4.69) is 15.6 Å². The molecule has 0 spiro atoms. The summed E-state index contributed by atoms with van der Waals surface area (Å²) >= 11 is 0. The van der Waals surface area contributed by atoms with Gasteiger partial charge in [-0.05, 0) is 25.3 Å². The molecule has 2 aromatic rings. The van der Waals surface area contributed by atoms with Crippen molar-refractivity contribution in [3.8, 4) is 0 Å². The van der Waals surface area contributed by atoms with Crippen LogP contribution in [0.5, 0.6) is 0 Å². The molecule has 0 aliphatic carbocycles. The van der Waals surface area contributed by atoms with E-state index in [4.69, 9.17) is 4.52 Å². The standard InChI is InChI=1S/C12H16N4O2/c1-9-11(7-15-18-9)12(17)13-5-3-4-10-6-14-16(2)8-10/h6-8H,3-5H2,1-2H3,(H,13,17). The Hall–Kier alpha value is -2.11. The molecule has 2 rings (SSSR count). The Morgan fingerprint density at radius 2 is 2.33 bits per heavy atom. The Kier molecular flexibility index (Phi) is 3.76. The van der Waals surface area contributed by atoms with Gasteiger partial charge in [0.2, 0.25) is 0 Å². The Bertz CT molecular complexity index is 530. The second kappa shape index (κ2) is 5.48. The quantitative estimate of drug-likeness (QED) is 0.803. The first-order valence-corrected chi connectivity index (χ1v) is 5.84. The number of nitrogens with zero attached hydrogens (tertiary/aromatic N) is 3. The van der Waals surface area contributed by atoms with Crippen LogP contribution >= 0.6 is 0 Å². The molecule has 0 saturated carbocycles. The van der Waals surface area contributed by atoms with Crippen LogP contribution in [0.2, 0.25) is 0 Å². The maximum absolute atomic E-state index is 11.7. The van der Waals surface area contributed by atoms with Crippen molar-refractivity contribution < 1.29 is 9.32 Å². The average molecular weight is 248 g/mol. The molecule has 96 valence electrons. The largest absolute Gasteiger partial charge is 0.361 e. The summed E-state index contributed by atoms with van der Waals surface area (Å²) in [5.41, 5.74) is 1.67. The zero-order chi connectivity index (χ0) is 13.0. The van der Waals surface area contributed by atoms with E-state index < -0.39 is 0 Å². The lowest BCUT2D eigenvalue weighted by atomic mass is 10.2. The number of aromatic nitrogens is 3.